The van der Waals surface area contributed by atoms with Gasteiger partial charge in [-0.25, -0.2) is 4.39 Å². The summed E-state index contributed by atoms with van der Waals surface area (Å²) in [7, 11) is 0. The molecule has 0 aliphatic carbocycles. The number of hydrogen-bond acceptors (Lipinski definition) is 2. The highest BCUT2D eigenvalue weighted by Crippen LogP contribution is 2.22. The Morgan fingerprint density at radius 2 is 1.61 bits per heavy atom. The molecule has 5 heteroatoms. The van der Waals surface area contributed by atoms with E-state index < -0.39 is 6.04 Å². The van der Waals surface area contributed by atoms with Crippen LogP contribution >= 0.6 is 0 Å². The molecule has 1 fully saturated rings. The van der Waals surface area contributed by atoms with E-state index >= 15 is 0 Å². The van der Waals surface area contributed by atoms with Crippen LogP contribution in [0.5, 0.6) is 0 Å². The first-order valence-corrected chi connectivity index (χ1v) is 9.93. The molecular formula is C23H27FN2O2. The minimum Gasteiger partial charge on any atom is -0.341 e. The number of piperidine rings is 1. The van der Waals surface area contributed by atoms with Crippen molar-refractivity contribution < 1.29 is 14.0 Å². The van der Waals surface area contributed by atoms with Gasteiger partial charge >= 0.3 is 0 Å². The Hall–Kier alpha value is -2.69. The summed E-state index contributed by atoms with van der Waals surface area (Å²) in [6.45, 7) is 3.41. The fraction of sp³-hybridized carbons (Fsp3) is 0.391. The van der Waals surface area contributed by atoms with Crippen molar-refractivity contribution in [2.45, 2.75) is 44.6 Å². The monoisotopic (exact) mass is 382 g/mol. The maximum atomic E-state index is 13.1. The third-order valence-corrected chi connectivity index (χ3v) is 5.28. The molecule has 0 bridgehead atoms. The van der Waals surface area contributed by atoms with E-state index in [-0.39, 0.29) is 30.0 Å². The molecule has 1 heterocycles. The number of carbonyl (C=O) groups is 2. The maximum absolute atomic E-state index is 13.1. The van der Waals surface area contributed by atoms with E-state index in [4.69, 9.17) is 0 Å². The molecule has 28 heavy (non-hydrogen) atoms. The lowest BCUT2D eigenvalue weighted by molar-refractivity contribution is -0.137. The summed E-state index contributed by atoms with van der Waals surface area (Å²) in [5, 5.41) is 2.94. The van der Waals surface area contributed by atoms with Crippen molar-refractivity contribution in [3.63, 3.8) is 0 Å². The van der Waals surface area contributed by atoms with Gasteiger partial charge in [-0.15, -0.1) is 0 Å². The van der Waals surface area contributed by atoms with Crippen LogP contribution in [0.4, 0.5) is 4.39 Å². The Labute approximate surface area is 165 Å². The molecule has 0 radical (unpaired) electrons. The molecule has 2 aromatic rings. The minimum absolute atomic E-state index is 0.0475. The quantitative estimate of drug-likeness (QED) is 0.814. The highest BCUT2D eigenvalue weighted by molar-refractivity contribution is 5.89. The second kappa shape index (κ2) is 9.49. The van der Waals surface area contributed by atoms with Crippen LogP contribution in [-0.2, 0) is 9.59 Å². The summed E-state index contributed by atoms with van der Waals surface area (Å²) in [6.07, 6.45) is 3.38. The highest BCUT2D eigenvalue weighted by atomic mass is 19.1. The van der Waals surface area contributed by atoms with Gasteiger partial charge in [0.1, 0.15) is 11.9 Å². The van der Waals surface area contributed by atoms with Gasteiger partial charge in [-0.3, -0.25) is 9.59 Å². The lowest BCUT2D eigenvalue weighted by Gasteiger charge is -2.31. The summed E-state index contributed by atoms with van der Waals surface area (Å²) >= 11 is 0. The molecule has 2 aromatic carbocycles. The summed E-state index contributed by atoms with van der Waals surface area (Å²) < 4.78 is 13.1. The molecule has 1 aliphatic heterocycles. The smallest absolute Gasteiger partial charge is 0.249 e. The zero-order valence-electron chi connectivity index (χ0n) is 16.2. The van der Waals surface area contributed by atoms with E-state index in [9.17, 15) is 14.0 Å². The number of amides is 2. The van der Waals surface area contributed by atoms with E-state index in [0.717, 1.165) is 43.5 Å². The standard InChI is InChI=1S/C23H27FN2O2/c1-17(18-10-12-20(24)13-11-18)16-21(27)25-22(19-8-4-2-5-9-19)23(28)26-14-6-3-7-15-26/h2,4-5,8-13,17,22H,3,6-7,14-16H2,1H3,(H,25,27)/t17?,22-/m1/s1. The average molecular weight is 382 g/mol. The Morgan fingerprint density at radius 1 is 0.964 bits per heavy atom. The molecule has 1 aliphatic rings. The topological polar surface area (TPSA) is 49.4 Å². The second-order valence-corrected chi connectivity index (χ2v) is 7.45. The van der Waals surface area contributed by atoms with Crippen LogP contribution < -0.4 is 5.32 Å². The predicted octanol–water partition coefficient (Wildman–Crippen LogP) is 4.19. The van der Waals surface area contributed by atoms with Gasteiger partial charge in [0, 0.05) is 19.5 Å². The van der Waals surface area contributed by atoms with Gasteiger partial charge in [-0.2, -0.15) is 0 Å². The van der Waals surface area contributed by atoms with Crippen molar-refractivity contribution in [1.82, 2.24) is 10.2 Å². The van der Waals surface area contributed by atoms with E-state index in [0.29, 0.717) is 0 Å². The van der Waals surface area contributed by atoms with Crippen LogP contribution in [0, 0.1) is 5.82 Å². The Morgan fingerprint density at radius 3 is 2.25 bits per heavy atom. The highest BCUT2D eigenvalue weighted by Gasteiger charge is 2.28. The third-order valence-electron chi connectivity index (χ3n) is 5.28. The number of halogens is 1. The Bertz CT molecular complexity index is 786. The molecule has 1 saturated heterocycles. The number of hydrogen-bond donors (Lipinski definition) is 1. The molecule has 0 saturated carbocycles. The normalized spacial score (nSPS) is 16.3. The van der Waals surface area contributed by atoms with Gasteiger partial charge in [0.05, 0.1) is 0 Å². The van der Waals surface area contributed by atoms with Gasteiger partial charge in [0.15, 0.2) is 0 Å². The minimum atomic E-state index is -0.674. The summed E-state index contributed by atoms with van der Waals surface area (Å²) in [4.78, 5) is 27.7. The number of nitrogens with one attached hydrogen (secondary N) is 1. The number of likely N-dealkylation sites (tertiary alicyclic amines) is 1. The lowest BCUT2D eigenvalue weighted by Crippen LogP contribution is -2.45. The first-order chi connectivity index (χ1) is 13.5. The lowest BCUT2D eigenvalue weighted by atomic mass is 9.96. The van der Waals surface area contributed by atoms with Gasteiger partial charge in [-0.05, 0) is 48.4 Å². The summed E-state index contributed by atoms with van der Waals surface area (Å²) in [5.41, 5.74) is 1.69. The third kappa shape index (κ3) is 5.18. The SMILES string of the molecule is CC(CC(=O)N[C@@H](C(=O)N1CCCCC1)c1ccccc1)c1ccc(F)cc1. The van der Waals surface area contributed by atoms with Crippen LogP contribution in [0.2, 0.25) is 0 Å². The summed E-state index contributed by atoms with van der Waals surface area (Å²) in [5.74, 6) is -0.594. The largest absolute Gasteiger partial charge is 0.341 e. The fourth-order valence-corrected chi connectivity index (χ4v) is 3.64. The van der Waals surface area contributed by atoms with Crippen LogP contribution in [0.3, 0.4) is 0 Å². The van der Waals surface area contributed by atoms with Gasteiger partial charge in [0.2, 0.25) is 11.8 Å². The number of rotatable bonds is 6. The zero-order chi connectivity index (χ0) is 19.9. The molecule has 1 N–H and O–H groups in total. The number of nitrogens with zero attached hydrogens (tertiary/aromatic N) is 1. The predicted molar refractivity (Wildman–Crippen MR) is 107 cm³/mol. The maximum Gasteiger partial charge on any atom is 0.249 e. The Balaban J connectivity index is 1.70. The molecule has 148 valence electrons. The average Bonchev–Trinajstić information content (AvgIpc) is 2.73. The van der Waals surface area contributed by atoms with Crippen molar-refractivity contribution in [3.8, 4) is 0 Å². The number of carbonyl (C=O) groups excluding carboxylic acids is 2. The van der Waals surface area contributed by atoms with Gasteiger partial charge in [-0.1, -0.05) is 49.4 Å². The molecular weight excluding hydrogens is 355 g/mol. The molecule has 4 nitrogen and oxygen atoms in total. The van der Waals surface area contributed by atoms with E-state index in [2.05, 4.69) is 5.32 Å². The van der Waals surface area contributed by atoms with E-state index in [1.807, 2.05) is 42.2 Å². The van der Waals surface area contributed by atoms with Gasteiger partial charge in [0.25, 0.3) is 0 Å². The van der Waals surface area contributed by atoms with Crippen LogP contribution in [-0.4, -0.2) is 29.8 Å². The van der Waals surface area contributed by atoms with Crippen molar-refractivity contribution >= 4 is 11.8 Å². The Kier molecular flexibility index (Phi) is 6.80. The van der Waals surface area contributed by atoms with Crippen LogP contribution in [0.15, 0.2) is 54.6 Å². The molecule has 0 spiro atoms. The molecule has 2 atom stereocenters. The molecule has 0 aromatic heterocycles. The first kappa shape index (κ1) is 20.1. The first-order valence-electron chi connectivity index (χ1n) is 9.93. The van der Waals surface area contributed by atoms with Crippen molar-refractivity contribution in [2.24, 2.45) is 0 Å². The van der Waals surface area contributed by atoms with Crippen LogP contribution in [0.1, 0.15) is 55.7 Å². The number of benzene rings is 2. The van der Waals surface area contributed by atoms with Gasteiger partial charge < -0.3 is 10.2 Å². The zero-order valence-corrected chi connectivity index (χ0v) is 16.2. The van der Waals surface area contributed by atoms with Crippen molar-refractivity contribution in [3.05, 3.63) is 71.5 Å². The van der Waals surface area contributed by atoms with Crippen molar-refractivity contribution in [2.75, 3.05) is 13.1 Å². The van der Waals surface area contributed by atoms with E-state index in [1.165, 1.54) is 12.1 Å². The van der Waals surface area contributed by atoms with Crippen LogP contribution in [0.25, 0.3) is 0 Å². The molecule has 1 unspecified atom stereocenters. The molecule has 3 rings (SSSR count). The second-order valence-electron chi connectivity index (χ2n) is 7.45. The van der Waals surface area contributed by atoms with Crippen molar-refractivity contribution in [1.29, 1.82) is 0 Å². The summed E-state index contributed by atoms with van der Waals surface area (Å²) in [6, 6.07) is 14.9. The molecule has 2 amide bonds. The fourth-order valence-electron chi connectivity index (χ4n) is 3.64. The van der Waals surface area contributed by atoms with E-state index in [1.54, 1.807) is 12.1 Å².